The fourth-order valence-electron chi connectivity index (χ4n) is 3.73. The van der Waals surface area contributed by atoms with Crippen LogP contribution in [-0.2, 0) is 29.7 Å². The molecule has 0 aliphatic carbocycles. The molecular formula is C16H25N9O2. The van der Waals surface area contributed by atoms with Crippen LogP contribution in [0.1, 0.15) is 30.4 Å². The van der Waals surface area contributed by atoms with E-state index in [1.54, 1.807) is 0 Å². The van der Waals surface area contributed by atoms with Gasteiger partial charge in [-0.25, -0.2) is 4.68 Å². The number of aromatic nitrogens is 7. The molecule has 2 aromatic rings. The number of carbonyl (C=O) groups is 1. The molecule has 4 heterocycles. The summed E-state index contributed by atoms with van der Waals surface area (Å²) in [6.07, 6.45) is 3.43. The van der Waals surface area contributed by atoms with Gasteiger partial charge in [-0.15, -0.1) is 15.3 Å². The second-order valence-corrected chi connectivity index (χ2v) is 7.11. The van der Waals surface area contributed by atoms with E-state index in [2.05, 4.69) is 35.2 Å². The third-order valence-corrected chi connectivity index (χ3v) is 5.30. The van der Waals surface area contributed by atoms with Gasteiger partial charge in [-0.3, -0.25) is 9.69 Å². The van der Waals surface area contributed by atoms with Crippen molar-refractivity contribution in [3.63, 3.8) is 0 Å². The lowest BCUT2D eigenvalue weighted by atomic mass is 9.97. The quantitative estimate of drug-likeness (QED) is 0.658. The van der Waals surface area contributed by atoms with Gasteiger partial charge >= 0.3 is 0 Å². The van der Waals surface area contributed by atoms with Crippen LogP contribution >= 0.6 is 0 Å². The molecule has 146 valence electrons. The highest BCUT2D eigenvalue weighted by Crippen LogP contribution is 2.26. The van der Waals surface area contributed by atoms with E-state index >= 15 is 0 Å². The Bertz CT molecular complexity index is 754. The first-order valence-electron chi connectivity index (χ1n) is 9.37. The minimum atomic E-state index is 0.0303. The number of hydrogen-bond acceptors (Lipinski definition) is 8. The maximum atomic E-state index is 12.5. The molecule has 2 fully saturated rings. The van der Waals surface area contributed by atoms with Gasteiger partial charge in [-0.2, -0.15) is 0 Å². The average Bonchev–Trinajstić information content (AvgIpc) is 3.33. The predicted octanol–water partition coefficient (Wildman–Crippen LogP) is -0.960. The molecule has 11 heteroatoms. The average molecular weight is 375 g/mol. The molecular weight excluding hydrogens is 350 g/mol. The summed E-state index contributed by atoms with van der Waals surface area (Å²) < 4.78 is 8.95. The summed E-state index contributed by atoms with van der Waals surface area (Å²) in [5.41, 5.74) is 0. The number of ether oxygens (including phenoxy) is 1. The van der Waals surface area contributed by atoms with Crippen LogP contribution in [0.3, 0.4) is 0 Å². The first-order valence-corrected chi connectivity index (χ1v) is 9.37. The minimum absolute atomic E-state index is 0.0303. The maximum Gasteiger partial charge on any atom is 0.244 e. The van der Waals surface area contributed by atoms with Crippen LogP contribution in [0.15, 0.2) is 6.33 Å². The molecule has 0 unspecified atom stereocenters. The Morgan fingerprint density at radius 2 is 2.11 bits per heavy atom. The zero-order valence-corrected chi connectivity index (χ0v) is 15.6. The molecule has 0 aromatic carbocycles. The fraction of sp³-hybridized carbons (Fsp3) is 0.750. The summed E-state index contributed by atoms with van der Waals surface area (Å²) in [6.45, 7) is 5.75. The van der Waals surface area contributed by atoms with E-state index in [0.29, 0.717) is 6.54 Å². The van der Waals surface area contributed by atoms with Gasteiger partial charge in [0.1, 0.15) is 24.5 Å². The number of morpholine rings is 1. The van der Waals surface area contributed by atoms with Gasteiger partial charge in [0.2, 0.25) is 5.91 Å². The van der Waals surface area contributed by atoms with Crippen LogP contribution < -0.4 is 0 Å². The fourth-order valence-corrected chi connectivity index (χ4v) is 3.73. The Morgan fingerprint density at radius 3 is 2.89 bits per heavy atom. The minimum Gasteiger partial charge on any atom is -0.379 e. The van der Waals surface area contributed by atoms with Crippen molar-refractivity contribution in [3.8, 4) is 0 Å². The second-order valence-electron chi connectivity index (χ2n) is 7.11. The Kier molecular flexibility index (Phi) is 5.39. The van der Waals surface area contributed by atoms with Crippen molar-refractivity contribution >= 4 is 5.91 Å². The predicted molar refractivity (Wildman–Crippen MR) is 93.5 cm³/mol. The summed E-state index contributed by atoms with van der Waals surface area (Å²) >= 11 is 0. The topological polar surface area (TPSA) is 107 Å². The summed E-state index contributed by atoms with van der Waals surface area (Å²) in [4.78, 5) is 16.8. The van der Waals surface area contributed by atoms with E-state index in [1.165, 1.54) is 11.0 Å². The number of hydrogen-bond donors (Lipinski definition) is 0. The normalized spacial score (nSPS) is 21.5. The highest BCUT2D eigenvalue weighted by molar-refractivity contribution is 5.76. The van der Waals surface area contributed by atoms with E-state index in [9.17, 15) is 4.79 Å². The van der Waals surface area contributed by atoms with Crippen LogP contribution in [0, 0.1) is 0 Å². The Hall–Kier alpha value is -2.40. The molecule has 4 rings (SSSR count). The molecule has 2 aliphatic heterocycles. The number of nitrogens with zero attached hydrogens (tertiary/aromatic N) is 9. The number of tetrazole rings is 1. The van der Waals surface area contributed by atoms with E-state index in [1.807, 2.05) is 11.9 Å². The molecule has 0 radical (unpaired) electrons. The molecule has 2 aliphatic rings. The molecule has 0 N–H and O–H groups in total. The number of piperidine rings is 1. The van der Waals surface area contributed by atoms with Gasteiger partial charge in [-0.05, 0) is 23.3 Å². The van der Waals surface area contributed by atoms with Gasteiger partial charge in [0.05, 0.1) is 19.8 Å². The first-order chi connectivity index (χ1) is 13.2. The second kappa shape index (κ2) is 8.09. The number of carbonyl (C=O) groups excluding carboxylic acids is 1. The zero-order chi connectivity index (χ0) is 18.6. The van der Waals surface area contributed by atoms with Crippen LogP contribution in [-0.4, -0.2) is 90.1 Å². The van der Waals surface area contributed by atoms with Gasteiger partial charge < -0.3 is 14.2 Å². The van der Waals surface area contributed by atoms with Crippen molar-refractivity contribution in [2.75, 3.05) is 39.4 Å². The van der Waals surface area contributed by atoms with Crippen molar-refractivity contribution in [2.24, 2.45) is 7.05 Å². The van der Waals surface area contributed by atoms with E-state index in [-0.39, 0.29) is 18.4 Å². The van der Waals surface area contributed by atoms with Gasteiger partial charge in [0.15, 0.2) is 0 Å². The summed E-state index contributed by atoms with van der Waals surface area (Å²) in [5.74, 6) is 2.15. The van der Waals surface area contributed by atoms with Crippen LogP contribution in [0.5, 0.6) is 0 Å². The van der Waals surface area contributed by atoms with E-state index in [4.69, 9.17) is 4.74 Å². The zero-order valence-electron chi connectivity index (χ0n) is 15.6. The van der Waals surface area contributed by atoms with Crippen molar-refractivity contribution in [1.29, 1.82) is 0 Å². The summed E-state index contributed by atoms with van der Waals surface area (Å²) in [6, 6.07) is 0. The van der Waals surface area contributed by atoms with Crippen molar-refractivity contribution in [3.05, 3.63) is 18.0 Å². The summed E-state index contributed by atoms with van der Waals surface area (Å²) in [7, 11) is 2.02. The first kappa shape index (κ1) is 18.0. The molecule has 0 saturated carbocycles. The third kappa shape index (κ3) is 4.14. The monoisotopic (exact) mass is 375 g/mol. The van der Waals surface area contributed by atoms with E-state index in [0.717, 1.165) is 63.9 Å². The van der Waals surface area contributed by atoms with E-state index < -0.39 is 0 Å². The lowest BCUT2D eigenvalue weighted by molar-refractivity contribution is -0.133. The van der Waals surface area contributed by atoms with Crippen LogP contribution in [0.4, 0.5) is 0 Å². The van der Waals surface area contributed by atoms with Gasteiger partial charge in [0, 0.05) is 39.1 Å². The summed E-state index contributed by atoms with van der Waals surface area (Å²) in [5, 5.41) is 19.8. The maximum absolute atomic E-state index is 12.5. The number of likely N-dealkylation sites (tertiary alicyclic amines) is 1. The van der Waals surface area contributed by atoms with Crippen LogP contribution in [0.25, 0.3) is 0 Å². The molecule has 1 atom stereocenters. The van der Waals surface area contributed by atoms with Gasteiger partial charge in [-0.1, -0.05) is 0 Å². The smallest absolute Gasteiger partial charge is 0.244 e. The standard InChI is InChI=1S/C16H25N9O2/c1-22-14(10-23-5-7-27-8-6-23)18-19-16(22)13-3-2-4-24(9-13)15(26)11-25-12-17-20-21-25/h12-13H,2-11H2,1H3/t13-/m1/s1. The lowest BCUT2D eigenvalue weighted by Crippen LogP contribution is -2.41. The highest BCUT2D eigenvalue weighted by Gasteiger charge is 2.29. The largest absolute Gasteiger partial charge is 0.379 e. The molecule has 0 spiro atoms. The Morgan fingerprint density at radius 1 is 1.26 bits per heavy atom. The molecule has 2 aromatic heterocycles. The Balaban J connectivity index is 1.39. The van der Waals surface area contributed by atoms with Crippen molar-refractivity contribution in [2.45, 2.75) is 31.8 Å². The molecule has 1 amide bonds. The third-order valence-electron chi connectivity index (χ3n) is 5.30. The molecule has 11 nitrogen and oxygen atoms in total. The van der Waals surface area contributed by atoms with Gasteiger partial charge in [0.25, 0.3) is 0 Å². The molecule has 2 saturated heterocycles. The number of amides is 1. The SMILES string of the molecule is Cn1c(CN2CCOCC2)nnc1[C@@H]1CCCN(C(=O)Cn2cnnn2)C1. The molecule has 27 heavy (non-hydrogen) atoms. The number of rotatable bonds is 5. The Labute approximate surface area is 157 Å². The van der Waals surface area contributed by atoms with Crippen LogP contribution in [0.2, 0.25) is 0 Å². The molecule has 0 bridgehead atoms. The highest BCUT2D eigenvalue weighted by atomic mass is 16.5. The lowest BCUT2D eigenvalue weighted by Gasteiger charge is -2.32. The van der Waals surface area contributed by atoms with Crippen molar-refractivity contribution in [1.82, 2.24) is 44.8 Å². The van der Waals surface area contributed by atoms with Crippen molar-refractivity contribution < 1.29 is 9.53 Å².